The van der Waals surface area contributed by atoms with Crippen LogP contribution in [0.3, 0.4) is 0 Å². The van der Waals surface area contributed by atoms with Crippen molar-refractivity contribution in [3.63, 3.8) is 0 Å². The molecule has 0 bridgehead atoms. The molecule has 5 rings (SSSR count). The van der Waals surface area contributed by atoms with E-state index in [0.29, 0.717) is 30.2 Å². The van der Waals surface area contributed by atoms with E-state index in [1.54, 1.807) is 4.57 Å². The van der Waals surface area contributed by atoms with Gasteiger partial charge in [0.1, 0.15) is 0 Å². The highest BCUT2D eigenvalue weighted by Crippen LogP contribution is 2.38. The lowest BCUT2D eigenvalue weighted by molar-refractivity contribution is -0.132. The van der Waals surface area contributed by atoms with Crippen molar-refractivity contribution in [2.75, 3.05) is 19.6 Å². The molecule has 2 aromatic heterocycles. The molecule has 1 atom stereocenters. The third kappa shape index (κ3) is 4.68. The van der Waals surface area contributed by atoms with Crippen LogP contribution in [0, 0.1) is 6.92 Å². The molecule has 1 aromatic carbocycles. The molecule has 0 radical (unpaired) electrons. The minimum absolute atomic E-state index is 0.0440. The Morgan fingerprint density at radius 1 is 1.14 bits per heavy atom. The van der Waals surface area contributed by atoms with E-state index in [-0.39, 0.29) is 5.56 Å². The largest absolute Gasteiger partial charge is 0.354 e. The van der Waals surface area contributed by atoms with Crippen molar-refractivity contribution in [3.8, 4) is 11.3 Å². The molecule has 1 amide bonds. The number of amides is 1. The monoisotopic (exact) mass is 474 g/mol. The zero-order valence-corrected chi connectivity index (χ0v) is 21.5. The number of H-pyrrole nitrogens is 1. The quantitative estimate of drug-likeness (QED) is 0.557. The van der Waals surface area contributed by atoms with Gasteiger partial charge in [-0.25, -0.2) is 0 Å². The van der Waals surface area contributed by atoms with Crippen LogP contribution in [0.1, 0.15) is 74.5 Å². The minimum atomic E-state index is 0.0440. The highest BCUT2D eigenvalue weighted by molar-refractivity contribution is 5.92. The number of nitrogens with zero attached hydrogens (tertiary/aromatic N) is 2. The number of benzene rings is 1. The van der Waals surface area contributed by atoms with Crippen molar-refractivity contribution < 1.29 is 4.79 Å². The van der Waals surface area contributed by atoms with E-state index in [0.717, 1.165) is 61.2 Å². The fraction of sp³-hybridized carbons (Fsp3) is 0.517. The van der Waals surface area contributed by atoms with Crippen LogP contribution in [0.15, 0.2) is 35.3 Å². The first-order valence-corrected chi connectivity index (χ1v) is 13.2. The van der Waals surface area contributed by atoms with Crippen molar-refractivity contribution in [3.05, 3.63) is 57.5 Å². The maximum absolute atomic E-state index is 12.8. The van der Waals surface area contributed by atoms with E-state index in [1.807, 2.05) is 26.2 Å². The first kappa shape index (κ1) is 23.9. The highest BCUT2D eigenvalue weighted by Gasteiger charge is 2.27. The number of aromatic amines is 1. The molecular formula is C29H38N4O2. The molecule has 2 saturated heterocycles. The summed E-state index contributed by atoms with van der Waals surface area (Å²) in [4.78, 5) is 30.7. The molecule has 2 aliphatic heterocycles. The molecule has 4 heterocycles. The Balaban J connectivity index is 1.38. The molecule has 35 heavy (non-hydrogen) atoms. The number of fused-ring (bicyclic) bond motifs is 1. The summed E-state index contributed by atoms with van der Waals surface area (Å²) in [7, 11) is 1.82. The summed E-state index contributed by atoms with van der Waals surface area (Å²) in [6.45, 7) is 9.09. The maximum atomic E-state index is 12.8. The number of likely N-dealkylation sites (tertiary alicyclic amines) is 1. The van der Waals surface area contributed by atoms with Gasteiger partial charge in [-0.15, -0.1) is 0 Å². The molecule has 2 aliphatic rings. The van der Waals surface area contributed by atoms with E-state index in [2.05, 4.69) is 47.2 Å². The van der Waals surface area contributed by atoms with Crippen LogP contribution in [0.5, 0.6) is 0 Å². The second-order valence-corrected chi connectivity index (χ2v) is 10.9. The molecule has 6 heteroatoms. The zero-order chi connectivity index (χ0) is 24.7. The number of aryl methyl sites for hydroxylation is 2. The van der Waals surface area contributed by atoms with Crippen LogP contribution in [0.4, 0.5) is 0 Å². The first-order chi connectivity index (χ1) is 16.8. The first-order valence-electron chi connectivity index (χ1n) is 13.2. The summed E-state index contributed by atoms with van der Waals surface area (Å²) in [5.74, 6) is 1.13. The lowest BCUT2D eigenvalue weighted by Crippen LogP contribution is -2.40. The molecule has 1 unspecified atom stereocenters. The number of aromatic nitrogens is 2. The van der Waals surface area contributed by atoms with Crippen LogP contribution in [0.25, 0.3) is 22.2 Å². The van der Waals surface area contributed by atoms with Gasteiger partial charge in [0.2, 0.25) is 5.91 Å². The number of carbonyl (C=O) groups excluding carboxylic acids is 1. The van der Waals surface area contributed by atoms with Crippen LogP contribution in [-0.4, -0.2) is 46.0 Å². The van der Waals surface area contributed by atoms with Crippen molar-refractivity contribution in [1.29, 1.82) is 0 Å². The van der Waals surface area contributed by atoms with Crippen molar-refractivity contribution in [1.82, 2.24) is 19.8 Å². The second-order valence-electron chi connectivity index (χ2n) is 10.9. The summed E-state index contributed by atoms with van der Waals surface area (Å²) in [5.41, 5.74) is 6.76. The smallest absolute Gasteiger partial charge is 0.253 e. The molecule has 186 valence electrons. The lowest BCUT2D eigenvalue weighted by atomic mass is 9.87. The topological polar surface area (TPSA) is 70.1 Å². The van der Waals surface area contributed by atoms with E-state index in [9.17, 15) is 9.59 Å². The number of pyridine rings is 1. The summed E-state index contributed by atoms with van der Waals surface area (Å²) in [6.07, 6.45) is 6.92. The molecule has 0 spiro atoms. The molecule has 2 fully saturated rings. The predicted molar refractivity (Wildman–Crippen MR) is 142 cm³/mol. The SMILES string of the molecule is Cc1cc(-c2[nH]c3ccc(C4CCN(C(=O)CC5CCCN5)CC4)cc3c2C(C)C)cn(C)c1=O. The third-order valence-corrected chi connectivity index (χ3v) is 7.99. The molecule has 2 N–H and O–H groups in total. The Bertz CT molecular complexity index is 1260. The van der Waals surface area contributed by atoms with E-state index < -0.39 is 0 Å². The summed E-state index contributed by atoms with van der Waals surface area (Å²) < 4.78 is 1.67. The van der Waals surface area contributed by atoms with Crippen LogP contribution < -0.4 is 10.9 Å². The molecule has 0 aliphatic carbocycles. The fourth-order valence-corrected chi connectivity index (χ4v) is 6.06. The number of hydrogen-bond donors (Lipinski definition) is 2. The van der Waals surface area contributed by atoms with Gasteiger partial charge in [-0.2, -0.15) is 0 Å². The van der Waals surface area contributed by atoms with Crippen molar-refractivity contribution >= 4 is 16.8 Å². The number of piperidine rings is 1. The molecule has 0 saturated carbocycles. The van der Waals surface area contributed by atoms with Crippen LogP contribution in [-0.2, 0) is 11.8 Å². The lowest BCUT2D eigenvalue weighted by Gasteiger charge is -2.33. The van der Waals surface area contributed by atoms with Crippen molar-refractivity contribution in [2.45, 2.75) is 70.8 Å². The summed E-state index contributed by atoms with van der Waals surface area (Å²) >= 11 is 0. The van der Waals surface area contributed by atoms with Gasteiger partial charge in [0.05, 0.1) is 5.69 Å². The Hall–Kier alpha value is -2.86. The van der Waals surface area contributed by atoms with Crippen LogP contribution in [0.2, 0.25) is 0 Å². The van der Waals surface area contributed by atoms with Gasteiger partial charge in [0.15, 0.2) is 0 Å². The minimum Gasteiger partial charge on any atom is -0.354 e. The third-order valence-electron chi connectivity index (χ3n) is 7.99. The fourth-order valence-electron chi connectivity index (χ4n) is 6.06. The van der Waals surface area contributed by atoms with Crippen LogP contribution >= 0.6 is 0 Å². The maximum Gasteiger partial charge on any atom is 0.253 e. The van der Waals surface area contributed by atoms with Gasteiger partial charge in [-0.3, -0.25) is 9.59 Å². The summed E-state index contributed by atoms with van der Waals surface area (Å²) in [6, 6.07) is 9.19. The van der Waals surface area contributed by atoms with E-state index >= 15 is 0 Å². The van der Waals surface area contributed by atoms with Gasteiger partial charge in [0.25, 0.3) is 5.56 Å². The highest BCUT2D eigenvalue weighted by atomic mass is 16.2. The zero-order valence-electron chi connectivity index (χ0n) is 21.5. The number of rotatable bonds is 5. The number of hydrogen-bond acceptors (Lipinski definition) is 3. The van der Waals surface area contributed by atoms with Gasteiger partial charge < -0.3 is 19.8 Å². The van der Waals surface area contributed by atoms with Gasteiger partial charge in [-0.1, -0.05) is 19.9 Å². The van der Waals surface area contributed by atoms with Gasteiger partial charge >= 0.3 is 0 Å². The predicted octanol–water partition coefficient (Wildman–Crippen LogP) is 4.81. The Morgan fingerprint density at radius 3 is 2.57 bits per heavy atom. The Kier molecular flexibility index (Phi) is 6.58. The van der Waals surface area contributed by atoms with Gasteiger partial charge in [-0.05, 0) is 80.3 Å². The number of carbonyl (C=O) groups is 1. The standard InChI is InChI=1S/C29H38N4O2/c1-18(2)27-24-15-21(20-9-12-33(13-10-20)26(34)16-23-6-5-11-30-23)7-8-25(24)31-28(27)22-14-19(3)29(35)32(4)17-22/h7-8,14-15,17-18,20,23,30-31H,5-6,9-13,16H2,1-4H3. The summed E-state index contributed by atoms with van der Waals surface area (Å²) in [5, 5.41) is 4.72. The molecule has 6 nitrogen and oxygen atoms in total. The average molecular weight is 475 g/mol. The van der Waals surface area contributed by atoms with E-state index in [4.69, 9.17) is 0 Å². The van der Waals surface area contributed by atoms with Crippen molar-refractivity contribution in [2.24, 2.45) is 7.05 Å². The second kappa shape index (κ2) is 9.65. The average Bonchev–Trinajstić information content (AvgIpc) is 3.49. The molecule has 3 aromatic rings. The Labute approximate surface area is 207 Å². The normalized spacial score (nSPS) is 19.2. The molecular weight excluding hydrogens is 436 g/mol. The van der Waals surface area contributed by atoms with Gasteiger partial charge in [0, 0.05) is 60.8 Å². The van der Waals surface area contributed by atoms with E-state index in [1.165, 1.54) is 22.9 Å². The Morgan fingerprint density at radius 2 is 1.91 bits per heavy atom. The number of nitrogens with one attached hydrogen (secondary N) is 2.